The maximum atomic E-state index is 12.9. The van der Waals surface area contributed by atoms with Gasteiger partial charge >= 0.3 is 5.97 Å². The number of carbonyl (C=O) groups is 2. The Balaban J connectivity index is 2.37. The topological polar surface area (TPSA) is 79.3 Å². The summed E-state index contributed by atoms with van der Waals surface area (Å²) < 4.78 is 12.9. The summed E-state index contributed by atoms with van der Waals surface area (Å²) >= 11 is 6.74. The summed E-state index contributed by atoms with van der Waals surface area (Å²) in [7, 11) is 0. The quantitative estimate of drug-likeness (QED) is 0.843. The second kappa shape index (κ2) is 5.56. The van der Waals surface area contributed by atoms with Crippen molar-refractivity contribution >= 4 is 45.5 Å². The summed E-state index contributed by atoms with van der Waals surface area (Å²) in [5.41, 5.74) is 0.0529. The molecule has 0 bridgehead atoms. The highest BCUT2D eigenvalue weighted by Gasteiger charge is 2.20. The second-order valence-electron chi connectivity index (χ2n) is 3.81. The van der Waals surface area contributed by atoms with Crippen LogP contribution < -0.4 is 5.32 Å². The van der Waals surface area contributed by atoms with Crippen LogP contribution in [-0.4, -0.2) is 21.8 Å². The number of nitrogens with zero attached hydrogens (tertiary/aromatic N) is 1. The van der Waals surface area contributed by atoms with Gasteiger partial charge in [0.05, 0.1) is 10.7 Å². The lowest BCUT2D eigenvalue weighted by atomic mass is 10.3. The lowest BCUT2D eigenvalue weighted by Crippen LogP contribution is -2.03. The second-order valence-corrected chi connectivity index (χ2v) is 5.21. The van der Waals surface area contributed by atoms with Crippen molar-refractivity contribution in [2.45, 2.75) is 6.92 Å². The Hall–Kier alpha value is -1.99. The number of aromatic nitrogens is 1. The maximum Gasteiger partial charge on any atom is 0.356 e. The Morgan fingerprint density at radius 3 is 2.65 bits per heavy atom. The van der Waals surface area contributed by atoms with Crippen LogP contribution in [-0.2, 0) is 0 Å². The summed E-state index contributed by atoms with van der Waals surface area (Å²) in [5.74, 6) is -2.17. The fraction of sp³-hybridized carbons (Fsp3) is 0.0833. The van der Waals surface area contributed by atoms with Gasteiger partial charge in [0.2, 0.25) is 0 Å². The van der Waals surface area contributed by atoms with Crippen LogP contribution in [0.5, 0.6) is 0 Å². The lowest BCUT2D eigenvalue weighted by Gasteiger charge is -2.04. The molecule has 0 fully saturated rings. The van der Waals surface area contributed by atoms with Crippen molar-refractivity contribution in [1.82, 2.24) is 4.98 Å². The van der Waals surface area contributed by atoms with Gasteiger partial charge in [0.15, 0.2) is 16.6 Å². The number of ketones is 1. The minimum absolute atomic E-state index is 0.0400. The minimum Gasteiger partial charge on any atom is -0.476 e. The van der Waals surface area contributed by atoms with E-state index < -0.39 is 17.6 Å². The third-order valence-corrected chi connectivity index (χ3v) is 3.71. The predicted octanol–water partition coefficient (Wildman–Crippen LogP) is 3.58. The fourth-order valence-electron chi connectivity index (χ4n) is 1.46. The van der Waals surface area contributed by atoms with E-state index in [-0.39, 0.29) is 20.7 Å². The number of nitrogens with one attached hydrogen (secondary N) is 1. The Morgan fingerprint density at radius 2 is 2.15 bits per heavy atom. The van der Waals surface area contributed by atoms with Crippen LogP contribution in [0, 0.1) is 5.82 Å². The minimum atomic E-state index is -1.29. The van der Waals surface area contributed by atoms with E-state index in [0.29, 0.717) is 5.69 Å². The number of thiazole rings is 1. The first-order chi connectivity index (χ1) is 9.38. The summed E-state index contributed by atoms with van der Waals surface area (Å²) in [6.07, 6.45) is 0. The molecule has 2 aromatic rings. The molecule has 20 heavy (non-hydrogen) atoms. The van der Waals surface area contributed by atoms with E-state index in [2.05, 4.69) is 10.3 Å². The third kappa shape index (κ3) is 2.94. The Bertz CT molecular complexity index is 671. The SMILES string of the molecule is CC(=O)c1sc(Nc2ccc(F)cc2Cl)nc1C(=O)O. The molecule has 0 saturated heterocycles. The number of benzene rings is 1. The van der Waals surface area contributed by atoms with Crippen molar-refractivity contribution in [2.24, 2.45) is 0 Å². The van der Waals surface area contributed by atoms with Crippen LogP contribution in [0.15, 0.2) is 18.2 Å². The van der Waals surface area contributed by atoms with Gasteiger partial charge in [0.25, 0.3) is 0 Å². The van der Waals surface area contributed by atoms with Crippen molar-refractivity contribution < 1.29 is 19.1 Å². The summed E-state index contributed by atoms with van der Waals surface area (Å²) in [4.78, 5) is 26.2. The van der Waals surface area contributed by atoms with Gasteiger partial charge in [-0.1, -0.05) is 22.9 Å². The Kier molecular flexibility index (Phi) is 4.01. The largest absolute Gasteiger partial charge is 0.476 e. The summed E-state index contributed by atoms with van der Waals surface area (Å²) in [6, 6.07) is 3.71. The Labute approximate surface area is 122 Å². The van der Waals surface area contributed by atoms with Gasteiger partial charge in [-0.3, -0.25) is 4.79 Å². The highest BCUT2D eigenvalue weighted by molar-refractivity contribution is 7.17. The maximum absolute atomic E-state index is 12.9. The fourth-order valence-corrected chi connectivity index (χ4v) is 2.54. The smallest absolute Gasteiger partial charge is 0.356 e. The normalized spacial score (nSPS) is 10.3. The number of aromatic carboxylic acids is 1. The van der Waals surface area contributed by atoms with Crippen molar-refractivity contribution in [3.8, 4) is 0 Å². The van der Waals surface area contributed by atoms with E-state index in [0.717, 1.165) is 17.4 Å². The van der Waals surface area contributed by atoms with Crippen LogP contribution in [0.3, 0.4) is 0 Å². The zero-order chi connectivity index (χ0) is 14.9. The molecule has 1 aromatic carbocycles. The first kappa shape index (κ1) is 14.4. The Morgan fingerprint density at radius 1 is 1.45 bits per heavy atom. The molecule has 0 atom stereocenters. The summed E-state index contributed by atoms with van der Waals surface area (Å²) in [6.45, 7) is 1.26. The number of hydrogen-bond donors (Lipinski definition) is 2. The molecule has 1 heterocycles. The van der Waals surface area contributed by atoms with Gasteiger partial charge in [-0.2, -0.15) is 0 Å². The zero-order valence-electron chi connectivity index (χ0n) is 10.1. The van der Waals surface area contributed by atoms with Crippen LogP contribution in [0.25, 0.3) is 0 Å². The molecular formula is C12H8ClFN2O3S. The number of carbonyl (C=O) groups excluding carboxylic acids is 1. The zero-order valence-corrected chi connectivity index (χ0v) is 11.7. The van der Waals surface area contributed by atoms with E-state index in [4.69, 9.17) is 16.7 Å². The highest BCUT2D eigenvalue weighted by Crippen LogP contribution is 2.30. The van der Waals surface area contributed by atoms with Crippen molar-refractivity contribution in [2.75, 3.05) is 5.32 Å². The van der Waals surface area contributed by atoms with Gasteiger partial charge in [-0.05, 0) is 18.2 Å². The van der Waals surface area contributed by atoms with Gasteiger partial charge in [0, 0.05) is 6.92 Å². The molecule has 2 rings (SSSR count). The molecule has 0 aliphatic rings. The van der Waals surface area contributed by atoms with Gasteiger partial charge in [-0.25, -0.2) is 14.2 Å². The monoisotopic (exact) mass is 314 g/mol. The molecule has 0 saturated carbocycles. The molecule has 0 amide bonds. The van der Waals surface area contributed by atoms with E-state index in [1.54, 1.807) is 0 Å². The molecule has 0 aliphatic heterocycles. The molecule has 0 spiro atoms. The molecule has 0 aliphatic carbocycles. The number of halogens is 2. The molecule has 0 radical (unpaired) electrons. The molecule has 0 unspecified atom stereocenters. The predicted molar refractivity (Wildman–Crippen MR) is 73.8 cm³/mol. The number of rotatable bonds is 4. The van der Waals surface area contributed by atoms with Crippen molar-refractivity contribution in [3.05, 3.63) is 39.6 Å². The first-order valence-corrected chi connectivity index (χ1v) is 6.55. The van der Waals surface area contributed by atoms with Crippen LogP contribution in [0.2, 0.25) is 5.02 Å². The van der Waals surface area contributed by atoms with Gasteiger partial charge in [0.1, 0.15) is 10.7 Å². The number of carboxylic acids is 1. The first-order valence-electron chi connectivity index (χ1n) is 5.35. The van der Waals surface area contributed by atoms with E-state index in [9.17, 15) is 14.0 Å². The summed E-state index contributed by atoms with van der Waals surface area (Å²) in [5, 5.41) is 12.1. The number of carboxylic acid groups (broad SMARTS) is 1. The number of Topliss-reactive ketones (excluding diaryl/α,β-unsaturated/α-hetero) is 1. The number of hydrogen-bond acceptors (Lipinski definition) is 5. The van der Waals surface area contributed by atoms with E-state index in [1.807, 2.05) is 0 Å². The van der Waals surface area contributed by atoms with Crippen LogP contribution in [0.4, 0.5) is 15.2 Å². The molecule has 104 valence electrons. The average Bonchev–Trinajstić information content (AvgIpc) is 2.77. The third-order valence-electron chi connectivity index (χ3n) is 2.32. The van der Waals surface area contributed by atoms with E-state index in [1.165, 1.54) is 19.1 Å². The standard InChI is InChI=1S/C12H8ClFN2O3S/c1-5(17)10-9(11(18)19)16-12(20-10)15-8-3-2-6(14)4-7(8)13/h2-4H,1H3,(H,15,16)(H,18,19). The van der Waals surface area contributed by atoms with Crippen LogP contribution >= 0.6 is 22.9 Å². The van der Waals surface area contributed by atoms with Gasteiger partial charge < -0.3 is 10.4 Å². The van der Waals surface area contributed by atoms with Crippen molar-refractivity contribution in [1.29, 1.82) is 0 Å². The van der Waals surface area contributed by atoms with Crippen LogP contribution in [0.1, 0.15) is 27.1 Å². The molecule has 1 aromatic heterocycles. The molecular weight excluding hydrogens is 307 g/mol. The number of anilines is 2. The van der Waals surface area contributed by atoms with E-state index >= 15 is 0 Å². The molecule has 8 heteroatoms. The molecule has 2 N–H and O–H groups in total. The highest BCUT2D eigenvalue weighted by atomic mass is 35.5. The van der Waals surface area contributed by atoms with Gasteiger partial charge in [-0.15, -0.1) is 0 Å². The average molecular weight is 315 g/mol. The molecule has 5 nitrogen and oxygen atoms in total. The lowest BCUT2D eigenvalue weighted by molar-refractivity contribution is 0.0687. The van der Waals surface area contributed by atoms with Crippen molar-refractivity contribution in [3.63, 3.8) is 0 Å².